The molecule has 0 atom stereocenters. The number of hydrogen-bond acceptors (Lipinski definition) is 3. The van der Waals surface area contributed by atoms with Crippen molar-refractivity contribution in [2.45, 2.75) is 54.4 Å². The minimum Gasteiger partial charge on any atom is -0.481 e. The van der Waals surface area contributed by atoms with Gasteiger partial charge in [0.2, 0.25) is 0 Å². The SMILES string of the molecule is CCC(C)(C)C(=O)O.CCC(C)(C)C(=O)OC.[BH4-]. The molecule has 0 heterocycles. The van der Waals surface area contributed by atoms with Crippen LogP contribution in [-0.4, -0.2) is 32.6 Å². The van der Waals surface area contributed by atoms with Crippen molar-refractivity contribution in [3.05, 3.63) is 0 Å². The molecule has 0 aliphatic carbocycles. The van der Waals surface area contributed by atoms with Crippen molar-refractivity contribution in [2.75, 3.05) is 7.11 Å². The van der Waals surface area contributed by atoms with E-state index in [1.807, 2.05) is 27.7 Å². The van der Waals surface area contributed by atoms with E-state index >= 15 is 0 Å². The highest BCUT2D eigenvalue weighted by molar-refractivity contribution is 5.76. The molecule has 0 rings (SSSR count). The Bertz CT molecular complexity index is 260. The van der Waals surface area contributed by atoms with E-state index in [-0.39, 0.29) is 19.8 Å². The van der Waals surface area contributed by atoms with Gasteiger partial charge >= 0.3 is 11.9 Å². The average molecular weight is 261 g/mol. The predicted octanol–water partition coefficient (Wildman–Crippen LogP) is 1.65. The van der Waals surface area contributed by atoms with Crippen molar-refractivity contribution < 1.29 is 19.4 Å². The molecule has 0 bridgehead atoms. The van der Waals surface area contributed by atoms with Gasteiger partial charge in [-0.3, -0.25) is 9.59 Å². The van der Waals surface area contributed by atoms with Crippen LogP contribution in [0.1, 0.15) is 54.4 Å². The fourth-order valence-electron chi connectivity index (χ4n) is 0.572. The van der Waals surface area contributed by atoms with Gasteiger partial charge in [-0.2, -0.15) is 0 Å². The monoisotopic (exact) mass is 261 g/mol. The Hall–Kier alpha value is -0.995. The highest BCUT2D eigenvalue weighted by atomic mass is 16.5. The second-order valence-electron chi connectivity index (χ2n) is 5.27. The van der Waals surface area contributed by atoms with E-state index in [2.05, 4.69) is 4.74 Å². The fraction of sp³-hybridized carbons (Fsp3) is 0.846. The lowest BCUT2D eigenvalue weighted by atomic mass is 9.91. The van der Waals surface area contributed by atoms with Gasteiger partial charge in [-0.05, 0) is 40.5 Å². The topological polar surface area (TPSA) is 63.6 Å². The maximum absolute atomic E-state index is 10.8. The van der Waals surface area contributed by atoms with Crippen molar-refractivity contribution in [3.63, 3.8) is 0 Å². The van der Waals surface area contributed by atoms with E-state index in [0.717, 1.165) is 6.42 Å². The Balaban J connectivity index is -0.000000238. The standard InChI is InChI=1S/C7H14O2.C6H12O2.BH4/c1-5-7(2,3)6(8)9-4;1-4-6(2,3)5(7)8;/h5H2,1-4H3;4H2,1-3H3,(H,7,8);1H4/q;;-1. The van der Waals surface area contributed by atoms with Gasteiger partial charge in [0.1, 0.15) is 0 Å². The lowest BCUT2D eigenvalue weighted by Gasteiger charge is -2.17. The summed E-state index contributed by atoms with van der Waals surface area (Å²) in [4.78, 5) is 21.1. The normalized spacial score (nSPS) is 10.6. The number of carbonyl (C=O) groups excluding carboxylic acids is 1. The van der Waals surface area contributed by atoms with Gasteiger partial charge < -0.3 is 9.84 Å². The number of carboxylic acids is 1. The molecule has 0 aromatic carbocycles. The number of esters is 1. The third-order valence-corrected chi connectivity index (χ3v) is 3.08. The first kappa shape index (κ1) is 22.2. The van der Waals surface area contributed by atoms with Gasteiger partial charge in [-0.25, -0.2) is 0 Å². The number of rotatable bonds is 4. The van der Waals surface area contributed by atoms with Crippen molar-refractivity contribution in [1.82, 2.24) is 0 Å². The quantitative estimate of drug-likeness (QED) is 0.617. The van der Waals surface area contributed by atoms with Crippen molar-refractivity contribution in [3.8, 4) is 0 Å². The number of hydrogen-bond donors (Lipinski definition) is 1. The molecule has 110 valence electrons. The largest absolute Gasteiger partial charge is 0.481 e. The van der Waals surface area contributed by atoms with E-state index in [1.54, 1.807) is 13.8 Å². The molecule has 0 aromatic heterocycles. The average Bonchev–Trinajstić information content (AvgIpc) is 2.28. The molecule has 0 saturated carbocycles. The first-order chi connectivity index (χ1) is 7.55. The van der Waals surface area contributed by atoms with Gasteiger partial charge in [-0.15, -0.1) is 0 Å². The number of carbonyl (C=O) groups is 2. The third kappa shape index (κ3) is 8.15. The Kier molecular flexibility index (Phi) is 11.1. The minimum atomic E-state index is -0.722. The molecule has 0 spiro atoms. The van der Waals surface area contributed by atoms with Gasteiger partial charge in [0.05, 0.1) is 17.9 Å². The zero-order chi connectivity index (χ0) is 14.3. The Morgan fingerprint density at radius 2 is 1.33 bits per heavy atom. The van der Waals surface area contributed by atoms with Crippen molar-refractivity contribution in [1.29, 1.82) is 0 Å². The molecule has 0 aliphatic heterocycles. The van der Waals surface area contributed by atoms with Crippen LogP contribution in [0.2, 0.25) is 0 Å². The van der Waals surface area contributed by atoms with Crippen LogP contribution in [-0.2, 0) is 14.3 Å². The van der Waals surface area contributed by atoms with E-state index in [1.165, 1.54) is 7.11 Å². The van der Waals surface area contributed by atoms with Gasteiger partial charge in [-0.1, -0.05) is 22.3 Å². The summed E-state index contributed by atoms with van der Waals surface area (Å²) in [5.41, 5.74) is -0.852. The molecule has 0 unspecified atom stereocenters. The third-order valence-electron chi connectivity index (χ3n) is 3.08. The molecule has 0 aromatic rings. The Morgan fingerprint density at radius 1 is 1.00 bits per heavy atom. The smallest absolute Gasteiger partial charge is 0.311 e. The maximum atomic E-state index is 10.8. The van der Waals surface area contributed by atoms with Crippen LogP contribution in [0.4, 0.5) is 0 Å². The first-order valence-electron chi connectivity index (χ1n) is 5.87. The zero-order valence-electron chi connectivity index (χ0n) is 12.1. The van der Waals surface area contributed by atoms with Gasteiger partial charge in [0.25, 0.3) is 0 Å². The van der Waals surface area contributed by atoms with Crippen molar-refractivity contribution >= 4 is 20.4 Å². The Labute approximate surface area is 113 Å². The van der Waals surface area contributed by atoms with Crippen LogP contribution in [0.3, 0.4) is 0 Å². The first-order valence-corrected chi connectivity index (χ1v) is 5.87. The minimum absolute atomic E-state index is 0. The van der Waals surface area contributed by atoms with E-state index < -0.39 is 11.4 Å². The molecular weight excluding hydrogens is 231 g/mol. The van der Waals surface area contributed by atoms with Crippen LogP contribution >= 0.6 is 0 Å². The summed E-state index contributed by atoms with van der Waals surface area (Å²) in [6, 6.07) is 0. The maximum Gasteiger partial charge on any atom is 0.311 e. The second kappa shape index (κ2) is 9.00. The summed E-state index contributed by atoms with van der Waals surface area (Å²) in [5, 5.41) is 8.44. The van der Waals surface area contributed by atoms with Crippen LogP contribution in [0.5, 0.6) is 0 Å². The van der Waals surface area contributed by atoms with Gasteiger partial charge in [0, 0.05) is 0 Å². The highest BCUT2D eigenvalue weighted by Gasteiger charge is 2.25. The van der Waals surface area contributed by atoms with Gasteiger partial charge in [0.15, 0.2) is 0 Å². The van der Waals surface area contributed by atoms with Crippen LogP contribution in [0.15, 0.2) is 0 Å². The Morgan fingerprint density at radius 3 is 1.39 bits per heavy atom. The van der Waals surface area contributed by atoms with E-state index in [9.17, 15) is 9.59 Å². The predicted molar refractivity (Wildman–Crippen MR) is 79.1 cm³/mol. The lowest BCUT2D eigenvalue weighted by Crippen LogP contribution is -2.24. The number of aliphatic carboxylic acids is 1. The van der Waals surface area contributed by atoms with Crippen LogP contribution in [0.25, 0.3) is 0 Å². The molecule has 0 amide bonds. The number of carboxylic acid groups (broad SMARTS) is 1. The molecule has 0 radical (unpaired) electrons. The summed E-state index contributed by atoms with van der Waals surface area (Å²) in [6.45, 7) is 11.0. The molecule has 4 nitrogen and oxygen atoms in total. The van der Waals surface area contributed by atoms with E-state index in [4.69, 9.17) is 5.11 Å². The summed E-state index contributed by atoms with van der Waals surface area (Å²) >= 11 is 0. The molecular formula is C13H30BO4-. The molecule has 0 saturated heterocycles. The summed E-state index contributed by atoms with van der Waals surface area (Å²) in [6.07, 6.45) is 1.50. The van der Waals surface area contributed by atoms with Crippen molar-refractivity contribution in [2.24, 2.45) is 10.8 Å². The fourth-order valence-corrected chi connectivity index (χ4v) is 0.572. The molecule has 0 fully saturated rings. The second-order valence-corrected chi connectivity index (χ2v) is 5.27. The number of ether oxygens (including phenoxy) is 1. The van der Waals surface area contributed by atoms with E-state index in [0.29, 0.717) is 6.42 Å². The molecule has 1 N–H and O–H groups in total. The lowest BCUT2D eigenvalue weighted by molar-refractivity contribution is -0.151. The summed E-state index contributed by atoms with van der Waals surface area (Å²) in [7, 11) is 1.42. The summed E-state index contributed by atoms with van der Waals surface area (Å²) < 4.78 is 4.57. The molecule has 5 heteroatoms. The zero-order valence-corrected chi connectivity index (χ0v) is 12.1. The van der Waals surface area contributed by atoms with Crippen LogP contribution in [0, 0.1) is 10.8 Å². The van der Waals surface area contributed by atoms with Crippen LogP contribution < -0.4 is 0 Å². The molecule has 0 aliphatic rings. The summed E-state index contributed by atoms with van der Waals surface area (Å²) in [5.74, 6) is -0.856. The molecule has 18 heavy (non-hydrogen) atoms. The number of methoxy groups -OCH3 is 1. The highest BCUT2D eigenvalue weighted by Crippen LogP contribution is 2.20.